The predicted octanol–water partition coefficient (Wildman–Crippen LogP) is 4.94. The van der Waals surface area contributed by atoms with Gasteiger partial charge in [0.2, 0.25) is 11.8 Å². The van der Waals surface area contributed by atoms with Gasteiger partial charge in [-0.15, -0.1) is 0 Å². The van der Waals surface area contributed by atoms with Crippen LogP contribution in [0.4, 0.5) is 32.3 Å². The van der Waals surface area contributed by atoms with Gasteiger partial charge in [0.25, 0.3) is 0 Å². The number of hydrogen-bond acceptors (Lipinski definition) is 12. The van der Waals surface area contributed by atoms with Crippen LogP contribution in [0, 0.1) is 10.8 Å². The first kappa shape index (κ1) is 47.2. The molecule has 69 heavy (non-hydrogen) atoms. The lowest BCUT2D eigenvalue weighted by Crippen LogP contribution is -2.62. The zero-order valence-corrected chi connectivity index (χ0v) is 40.9. The first-order chi connectivity index (χ1) is 33.3. The van der Waals surface area contributed by atoms with Crippen LogP contribution in [0.3, 0.4) is 0 Å². The molecule has 0 aliphatic carbocycles. The molecule has 19 heteroatoms. The minimum Gasteiger partial charge on any atom is -0.378 e. The number of nitrogens with zero attached hydrogens (tertiary/aromatic N) is 12. The molecular weight excluding hydrogens is 900 g/mol. The summed E-state index contributed by atoms with van der Waals surface area (Å²) in [6, 6.07) is 14.9. The summed E-state index contributed by atoms with van der Waals surface area (Å²) in [5.74, 6) is -0.229. The molecule has 6 fully saturated rings. The predicted molar refractivity (Wildman–Crippen MR) is 263 cm³/mol. The van der Waals surface area contributed by atoms with Gasteiger partial charge in [0.05, 0.1) is 68.5 Å². The highest BCUT2D eigenvalue weighted by Gasteiger charge is 2.48. The monoisotopic (exact) mass is 964 g/mol. The molecule has 8 heterocycles. The molecule has 10 rings (SSSR count). The Morgan fingerprint density at radius 1 is 0.681 bits per heavy atom. The molecule has 0 saturated carbocycles. The van der Waals surface area contributed by atoms with Crippen molar-refractivity contribution in [3.05, 3.63) is 83.4 Å². The number of carbonyl (C=O) groups excluding carboxylic acids is 4. The number of aromatic nitrogens is 4. The summed E-state index contributed by atoms with van der Waals surface area (Å²) in [6.45, 7) is 15.1. The van der Waals surface area contributed by atoms with Gasteiger partial charge in [0.15, 0.2) is 0 Å². The molecular formula is C50H65ClN12O6. The van der Waals surface area contributed by atoms with Gasteiger partial charge < -0.3 is 38.9 Å². The summed E-state index contributed by atoms with van der Waals surface area (Å²) in [6.07, 6.45) is 10.4. The Kier molecular flexibility index (Phi) is 13.5. The summed E-state index contributed by atoms with van der Waals surface area (Å²) in [7, 11) is 3.38. The second kappa shape index (κ2) is 19.7. The first-order valence-corrected chi connectivity index (χ1v) is 24.9. The van der Waals surface area contributed by atoms with Crippen LogP contribution < -0.4 is 19.6 Å². The molecule has 2 aromatic heterocycles. The standard InChI is InChI=1S/C50H65ClN12O6/c1-37(64)54(2)42-26-52-62(30-42)47(66)60-35-50(36-60)12-16-57(17-13-50)29-39-6-9-41(24-45(39)51)59-20-23-69-44(32-59)25-46(65)55(3)43-27-53-63(31-43)48(67)61-33-49(34-61)10-14-56(15-11-49)28-38-4-7-40(8-5-38)58-18-21-68-22-19-58/h4-9,24,26-27,30-31,44H,10-23,25,28-29,32-36H2,1-3H3. The number of morpholine rings is 2. The molecule has 1 atom stereocenters. The van der Waals surface area contributed by atoms with Crippen LogP contribution in [-0.2, 0) is 32.2 Å². The van der Waals surface area contributed by atoms with Gasteiger partial charge in [-0.3, -0.25) is 19.4 Å². The van der Waals surface area contributed by atoms with E-state index in [1.165, 1.54) is 38.6 Å². The highest BCUT2D eigenvalue weighted by Crippen LogP contribution is 2.43. The SMILES string of the molecule is CC(=O)N(C)c1cnn(C(=O)N2CC3(CCN(Cc4ccc(N5CCOC(CC(=O)N(C)c6cnn(C(=O)N7CC8(CCN(Cc9ccc(N%10CCOCC%10)cc9)CC8)C7)c6)C5)cc4Cl)CC3)C2)c1. The molecule has 0 radical (unpaired) electrons. The normalized spacial score (nSPS) is 21.5. The van der Waals surface area contributed by atoms with Crippen molar-refractivity contribution >= 4 is 58.2 Å². The van der Waals surface area contributed by atoms with E-state index in [1.54, 1.807) is 37.6 Å². The minimum atomic E-state index is -0.308. The fourth-order valence-corrected chi connectivity index (χ4v) is 11.2. The molecule has 2 aromatic carbocycles. The molecule has 0 N–H and O–H groups in total. The molecule has 4 aromatic rings. The van der Waals surface area contributed by atoms with Gasteiger partial charge in [0, 0.05) is 114 Å². The maximum atomic E-state index is 13.6. The van der Waals surface area contributed by atoms with Crippen molar-refractivity contribution in [3.8, 4) is 0 Å². The summed E-state index contributed by atoms with van der Waals surface area (Å²) in [5.41, 5.74) is 6.09. The lowest BCUT2D eigenvalue weighted by molar-refractivity contribution is -0.121. The topological polar surface area (TPSA) is 148 Å². The third-order valence-electron chi connectivity index (χ3n) is 15.7. The van der Waals surface area contributed by atoms with Crippen LogP contribution in [0.5, 0.6) is 0 Å². The number of likely N-dealkylation sites (tertiary alicyclic amines) is 4. The van der Waals surface area contributed by atoms with E-state index in [-0.39, 0.29) is 47.2 Å². The van der Waals surface area contributed by atoms with Crippen molar-refractivity contribution in [3.63, 3.8) is 0 Å². The highest BCUT2D eigenvalue weighted by atomic mass is 35.5. The average Bonchev–Trinajstić information content (AvgIpc) is 4.05. The quantitative estimate of drug-likeness (QED) is 0.212. The fourth-order valence-electron chi connectivity index (χ4n) is 11.0. The first-order valence-electron chi connectivity index (χ1n) is 24.5. The van der Waals surface area contributed by atoms with Crippen molar-refractivity contribution in [2.75, 3.05) is 132 Å². The lowest BCUT2D eigenvalue weighted by Gasteiger charge is -2.53. The molecule has 2 spiro atoms. The zero-order valence-electron chi connectivity index (χ0n) is 40.2. The van der Waals surface area contributed by atoms with Crippen molar-refractivity contribution in [1.82, 2.24) is 39.2 Å². The number of amides is 4. The highest BCUT2D eigenvalue weighted by molar-refractivity contribution is 6.31. The van der Waals surface area contributed by atoms with E-state index in [0.717, 1.165) is 116 Å². The number of ether oxygens (including phenoxy) is 2. The zero-order chi connectivity index (χ0) is 47.9. The fraction of sp³-hybridized carbons (Fsp3) is 0.560. The van der Waals surface area contributed by atoms with Gasteiger partial charge in [-0.2, -0.15) is 19.6 Å². The van der Waals surface area contributed by atoms with E-state index in [0.29, 0.717) is 49.2 Å². The van der Waals surface area contributed by atoms with Crippen LogP contribution in [0.1, 0.15) is 50.2 Å². The molecule has 6 aliphatic heterocycles. The van der Waals surface area contributed by atoms with E-state index >= 15 is 0 Å². The van der Waals surface area contributed by atoms with Crippen molar-refractivity contribution < 1.29 is 28.7 Å². The van der Waals surface area contributed by atoms with Crippen LogP contribution in [-0.4, -0.2) is 182 Å². The number of benzene rings is 2. The number of halogens is 1. The Labute approximate surface area is 409 Å². The number of carbonyl (C=O) groups is 4. The maximum absolute atomic E-state index is 13.6. The second-order valence-corrected chi connectivity index (χ2v) is 20.7. The van der Waals surface area contributed by atoms with Gasteiger partial charge in [-0.05, 0) is 87.3 Å². The van der Waals surface area contributed by atoms with E-state index < -0.39 is 0 Å². The summed E-state index contributed by atoms with van der Waals surface area (Å²) >= 11 is 6.93. The third kappa shape index (κ3) is 10.2. The number of rotatable bonds is 10. The molecule has 368 valence electrons. The molecule has 1 unspecified atom stereocenters. The second-order valence-electron chi connectivity index (χ2n) is 20.3. The van der Waals surface area contributed by atoms with Crippen LogP contribution in [0.2, 0.25) is 5.02 Å². The summed E-state index contributed by atoms with van der Waals surface area (Å²) < 4.78 is 14.3. The molecule has 6 aliphatic rings. The molecule has 18 nitrogen and oxygen atoms in total. The molecule has 0 bridgehead atoms. The maximum Gasteiger partial charge on any atom is 0.344 e. The van der Waals surface area contributed by atoms with Crippen molar-refractivity contribution in [2.24, 2.45) is 10.8 Å². The van der Waals surface area contributed by atoms with Gasteiger partial charge in [-0.1, -0.05) is 29.8 Å². The van der Waals surface area contributed by atoms with Crippen molar-refractivity contribution in [1.29, 1.82) is 0 Å². The van der Waals surface area contributed by atoms with Gasteiger partial charge in [0.1, 0.15) is 0 Å². The third-order valence-corrected chi connectivity index (χ3v) is 16.0. The smallest absolute Gasteiger partial charge is 0.344 e. The van der Waals surface area contributed by atoms with Crippen LogP contribution >= 0.6 is 11.6 Å². The Hall–Kier alpha value is -5.53. The Morgan fingerprint density at radius 3 is 1.78 bits per heavy atom. The Balaban J connectivity index is 0.640. The van der Waals surface area contributed by atoms with E-state index in [9.17, 15) is 19.2 Å². The number of anilines is 4. The molecule has 4 amide bonds. The largest absolute Gasteiger partial charge is 0.378 e. The summed E-state index contributed by atoms with van der Waals surface area (Å²) in [4.78, 5) is 68.2. The van der Waals surface area contributed by atoms with E-state index in [2.05, 4.69) is 66.2 Å². The number of piperidine rings is 2. The average molecular weight is 966 g/mol. The molecule has 6 saturated heterocycles. The van der Waals surface area contributed by atoms with E-state index in [4.69, 9.17) is 21.1 Å². The van der Waals surface area contributed by atoms with Gasteiger partial charge >= 0.3 is 12.1 Å². The Morgan fingerprint density at radius 2 is 1.22 bits per heavy atom. The number of hydrogen-bond donors (Lipinski definition) is 0. The van der Waals surface area contributed by atoms with Gasteiger partial charge in [-0.25, -0.2) is 9.59 Å². The van der Waals surface area contributed by atoms with Crippen LogP contribution in [0.15, 0.2) is 67.3 Å². The van der Waals surface area contributed by atoms with Crippen molar-refractivity contribution in [2.45, 2.75) is 58.2 Å². The van der Waals surface area contributed by atoms with Crippen LogP contribution in [0.25, 0.3) is 0 Å². The lowest BCUT2D eigenvalue weighted by atomic mass is 9.72. The Bertz CT molecular complexity index is 2490. The van der Waals surface area contributed by atoms with E-state index in [1.807, 2.05) is 15.9 Å². The summed E-state index contributed by atoms with van der Waals surface area (Å²) in [5, 5.41) is 9.29. The minimum absolute atomic E-state index is 0.111.